The highest BCUT2D eigenvalue weighted by Crippen LogP contribution is 2.29. The molecule has 18 heavy (non-hydrogen) atoms. The van der Waals surface area contributed by atoms with E-state index in [1.807, 2.05) is 28.8 Å². The third kappa shape index (κ3) is 1.90. The van der Waals surface area contributed by atoms with E-state index in [1.54, 1.807) is 6.07 Å². The molecule has 1 fully saturated rings. The summed E-state index contributed by atoms with van der Waals surface area (Å²) in [5.41, 5.74) is 1.46. The minimum atomic E-state index is -0.829. The fourth-order valence-corrected chi connectivity index (χ4v) is 3.04. The number of fused-ring (bicyclic) bond motifs is 1. The Morgan fingerprint density at radius 1 is 1.28 bits per heavy atom. The van der Waals surface area contributed by atoms with E-state index < -0.39 is 5.97 Å². The predicted molar refractivity (Wildman–Crippen MR) is 70.9 cm³/mol. The van der Waals surface area contributed by atoms with E-state index in [0.717, 1.165) is 17.4 Å². The maximum atomic E-state index is 11.3. The van der Waals surface area contributed by atoms with Crippen molar-refractivity contribution in [2.75, 3.05) is 0 Å². The van der Waals surface area contributed by atoms with E-state index in [0.29, 0.717) is 11.6 Å². The van der Waals surface area contributed by atoms with Gasteiger partial charge < -0.3 is 9.67 Å². The summed E-state index contributed by atoms with van der Waals surface area (Å²) in [6.45, 7) is 0.842. The monoisotopic (exact) mass is 243 g/mol. The molecule has 0 radical (unpaired) electrons. The fraction of sp³-hybridized carbons (Fsp3) is 0.400. The first-order valence-electron chi connectivity index (χ1n) is 6.57. The van der Waals surface area contributed by atoms with Crippen LogP contribution in [0.4, 0.5) is 0 Å². The Balaban J connectivity index is 2.05. The van der Waals surface area contributed by atoms with Crippen molar-refractivity contribution >= 4 is 16.9 Å². The van der Waals surface area contributed by atoms with Crippen LogP contribution < -0.4 is 0 Å². The normalized spacial score (nSPS) is 16.4. The summed E-state index contributed by atoms with van der Waals surface area (Å²) >= 11 is 0. The molecule has 1 aromatic carbocycles. The van der Waals surface area contributed by atoms with Crippen LogP contribution in [-0.2, 0) is 6.54 Å². The van der Waals surface area contributed by atoms with Crippen molar-refractivity contribution in [3.8, 4) is 0 Å². The van der Waals surface area contributed by atoms with Crippen molar-refractivity contribution in [1.82, 2.24) is 4.57 Å². The molecular formula is C15H17NO2. The van der Waals surface area contributed by atoms with E-state index in [9.17, 15) is 9.90 Å². The van der Waals surface area contributed by atoms with E-state index in [1.165, 1.54) is 25.7 Å². The maximum Gasteiger partial charge on any atom is 0.352 e. The van der Waals surface area contributed by atoms with Gasteiger partial charge in [-0.2, -0.15) is 0 Å². The number of carbonyl (C=O) groups is 1. The maximum absolute atomic E-state index is 11.3. The number of hydrogen-bond donors (Lipinski definition) is 1. The molecule has 1 heterocycles. The predicted octanol–water partition coefficient (Wildman–Crippen LogP) is 3.53. The van der Waals surface area contributed by atoms with Gasteiger partial charge in [-0.3, -0.25) is 0 Å². The number of para-hydroxylation sites is 1. The van der Waals surface area contributed by atoms with Gasteiger partial charge in [0.25, 0.3) is 0 Å². The first-order chi connectivity index (χ1) is 8.75. The molecule has 3 heteroatoms. The molecule has 94 valence electrons. The quantitative estimate of drug-likeness (QED) is 0.896. The molecule has 1 aliphatic rings. The third-order valence-electron chi connectivity index (χ3n) is 3.95. The van der Waals surface area contributed by atoms with E-state index in [2.05, 4.69) is 0 Å². The minimum Gasteiger partial charge on any atom is -0.477 e. The third-order valence-corrected chi connectivity index (χ3v) is 3.95. The highest BCUT2D eigenvalue weighted by atomic mass is 16.4. The summed E-state index contributed by atoms with van der Waals surface area (Å²) in [6.07, 6.45) is 5.02. The van der Waals surface area contributed by atoms with Crippen molar-refractivity contribution in [3.63, 3.8) is 0 Å². The van der Waals surface area contributed by atoms with Crippen LogP contribution in [0.3, 0.4) is 0 Å². The van der Waals surface area contributed by atoms with Gasteiger partial charge in [0.1, 0.15) is 5.69 Å². The Morgan fingerprint density at radius 3 is 2.72 bits per heavy atom. The second kappa shape index (κ2) is 4.48. The number of carboxylic acids is 1. The Hall–Kier alpha value is -1.77. The van der Waals surface area contributed by atoms with Crippen molar-refractivity contribution in [1.29, 1.82) is 0 Å². The number of aromatic nitrogens is 1. The lowest BCUT2D eigenvalue weighted by molar-refractivity contribution is 0.0684. The fourth-order valence-electron chi connectivity index (χ4n) is 3.04. The molecule has 0 bridgehead atoms. The molecule has 1 aromatic heterocycles. The smallest absolute Gasteiger partial charge is 0.352 e. The number of hydrogen-bond acceptors (Lipinski definition) is 1. The molecule has 0 atom stereocenters. The summed E-state index contributed by atoms with van der Waals surface area (Å²) in [5, 5.41) is 10.3. The number of nitrogens with zero attached hydrogens (tertiary/aromatic N) is 1. The highest BCUT2D eigenvalue weighted by Gasteiger charge is 2.20. The van der Waals surface area contributed by atoms with E-state index >= 15 is 0 Å². The molecule has 0 saturated heterocycles. The van der Waals surface area contributed by atoms with Gasteiger partial charge in [-0.1, -0.05) is 31.0 Å². The number of rotatable bonds is 3. The van der Waals surface area contributed by atoms with Crippen molar-refractivity contribution < 1.29 is 9.90 Å². The SMILES string of the molecule is O=C(O)c1cc2ccccc2n1CC1CCCC1. The van der Waals surface area contributed by atoms with Gasteiger partial charge in [0.2, 0.25) is 0 Å². The molecule has 1 saturated carbocycles. The average Bonchev–Trinajstić information content (AvgIpc) is 2.98. The van der Waals surface area contributed by atoms with Gasteiger partial charge in [-0.25, -0.2) is 4.79 Å². The summed E-state index contributed by atoms with van der Waals surface area (Å²) in [5.74, 6) is -0.192. The Morgan fingerprint density at radius 2 is 2.00 bits per heavy atom. The summed E-state index contributed by atoms with van der Waals surface area (Å²) < 4.78 is 1.98. The van der Waals surface area contributed by atoms with Crippen LogP contribution in [0.2, 0.25) is 0 Å². The zero-order chi connectivity index (χ0) is 12.5. The zero-order valence-electron chi connectivity index (χ0n) is 10.3. The molecule has 1 aliphatic carbocycles. The molecule has 1 N–H and O–H groups in total. The Bertz CT molecular complexity index is 579. The minimum absolute atomic E-state index is 0.420. The standard InChI is InChI=1S/C15H17NO2/c17-15(18)14-9-12-7-3-4-8-13(12)16(14)10-11-5-1-2-6-11/h3-4,7-9,11H,1-2,5-6,10H2,(H,17,18). The van der Waals surface area contributed by atoms with Gasteiger partial charge in [-0.05, 0) is 30.9 Å². The largest absolute Gasteiger partial charge is 0.477 e. The zero-order valence-corrected chi connectivity index (χ0v) is 10.3. The summed E-state index contributed by atoms with van der Waals surface area (Å²) in [4.78, 5) is 11.3. The van der Waals surface area contributed by atoms with Crippen LogP contribution in [-0.4, -0.2) is 15.6 Å². The van der Waals surface area contributed by atoms with Gasteiger partial charge in [-0.15, -0.1) is 0 Å². The van der Waals surface area contributed by atoms with Crippen LogP contribution >= 0.6 is 0 Å². The first-order valence-corrected chi connectivity index (χ1v) is 6.57. The van der Waals surface area contributed by atoms with E-state index in [4.69, 9.17) is 0 Å². The molecule has 3 rings (SSSR count). The van der Waals surface area contributed by atoms with Gasteiger partial charge in [0.05, 0.1) is 0 Å². The van der Waals surface area contributed by atoms with Crippen LogP contribution in [0.15, 0.2) is 30.3 Å². The molecular weight excluding hydrogens is 226 g/mol. The van der Waals surface area contributed by atoms with Gasteiger partial charge >= 0.3 is 5.97 Å². The van der Waals surface area contributed by atoms with Crippen LogP contribution in [0, 0.1) is 5.92 Å². The highest BCUT2D eigenvalue weighted by molar-refractivity contribution is 5.94. The summed E-state index contributed by atoms with van der Waals surface area (Å²) in [7, 11) is 0. The van der Waals surface area contributed by atoms with Gasteiger partial charge in [0.15, 0.2) is 0 Å². The molecule has 0 spiro atoms. The molecule has 0 amide bonds. The lowest BCUT2D eigenvalue weighted by Crippen LogP contribution is -2.13. The van der Waals surface area contributed by atoms with Crippen LogP contribution in [0.5, 0.6) is 0 Å². The second-order valence-corrected chi connectivity index (χ2v) is 5.15. The molecule has 3 nitrogen and oxygen atoms in total. The number of benzene rings is 1. The van der Waals surface area contributed by atoms with Crippen LogP contribution in [0.1, 0.15) is 36.2 Å². The Kier molecular flexibility index (Phi) is 2.82. The number of carboxylic acid groups (broad SMARTS) is 1. The van der Waals surface area contributed by atoms with E-state index in [-0.39, 0.29) is 0 Å². The van der Waals surface area contributed by atoms with Crippen LogP contribution in [0.25, 0.3) is 10.9 Å². The molecule has 0 unspecified atom stereocenters. The second-order valence-electron chi connectivity index (χ2n) is 5.15. The lowest BCUT2D eigenvalue weighted by Gasteiger charge is -2.13. The molecule has 0 aliphatic heterocycles. The van der Waals surface area contributed by atoms with Gasteiger partial charge in [0, 0.05) is 17.4 Å². The van der Waals surface area contributed by atoms with Crippen molar-refractivity contribution in [2.45, 2.75) is 32.2 Å². The topological polar surface area (TPSA) is 42.2 Å². The van der Waals surface area contributed by atoms with Crippen molar-refractivity contribution in [3.05, 3.63) is 36.0 Å². The lowest BCUT2D eigenvalue weighted by atomic mass is 10.1. The number of aromatic carboxylic acids is 1. The van der Waals surface area contributed by atoms with Crippen molar-refractivity contribution in [2.24, 2.45) is 5.92 Å². The Labute approximate surface area is 106 Å². The average molecular weight is 243 g/mol. The first kappa shape index (κ1) is 11.3. The summed E-state index contributed by atoms with van der Waals surface area (Å²) in [6, 6.07) is 9.70. The molecule has 2 aromatic rings.